The molecule has 0 atom stereocenters. The number of hydrogen-bond acceptors (Lipinski definition) is 5. The molecule has 0 aliphatic carbocycles. The number of amides is 1. The molecule has 1 aliphatic rings. The van der Waals surface area contributed by atoms with Crippen molar-refractivity contribution >= 4 is 21.6 Å². The zero-order valence-electron chi connectivity index (χ0n) is 18.5. The number of sulfonamides is 1. The minimum atomic E-state index is -3.60. The van der Waals surface area contributed by atoms with E-state index in [1.54, 1.807) is 12.3 Å². The van der Waals surface area contributed by atoms with Gasteiger partial charge in [0, 0.05) is 31.4 Å². The topological polar surface area (TPSA) is 88.6 Å². The monoisotopic (exact) mass is 465 g/mol. The summed E-state index contributed by atoms with van der Waals surface area (Å²) >= 11 is 0. The van der Waals surface area contributed by atoms with Gasteiger partial charge >= 0.3 is 0 Å². The standard InChI is InChI=1S/C25H27N3O4S/c1-19-9-10-23(24(16-19)32-18-20-6-3-2-4-7-20)27-25(29)21-11-14-28(15-12-21)33(30,31)22-8-5-13-26-17-22/h2-10,13,16-17,21H,11-12,14-15,18H2,1H3,(H,27,29). The minimum absolute atomic E-state index is 0.123. The number of ether oxygens (including phenoxy) is 1. The van der Waals surface area contributed by atoms with Crippen LogP contribution in [0.25, 0.3) is 0 Å². The first kappa shape index (κ1) is 22.9. The second-order valence-corrected chi connectivity index (χ2v) is 10.1. The summed E-state index contributed by atoms with van der Waals surface area (Å²) in [4.78, 5) is 17.0. The van der Waals surface area contributed by atoms with Gasteiger partial charge in [-0.15, -0.1) is 0 Å². The Morgan fingerprint density at radius 3 is 2.55 bits per heavy atom. The van der Waals surface area contributed by atoms with Gasteiger partial charge in [-0.2, -0.15) is 4.31 Å². The van der Waals surface area contributed by atoms with Gasteiger partial charge < -0.3 is 10.1 Å². The van der Waals surface area contributed by atoms with Crippen LogP contribution in [0.2, 0.25) is 0 Å². The van der Waals surface area contributed by atoms with Crippen molar-refractivity contribution in [2.24, 2.45) is 5.92 Å². The van der Waals surface area contributed by atoms with Crippen molar-refractivity contribution in [2.45, 2.75) is 31.3 Å². The zero-order chi connectivity index (χ0) is 23.3. The van der Waals surface area contributed by atoms with Crippen molar-refractivity contribution < 1.29 is 17.9 Å². The van der Waals surface area contributed by atoms with Crippen LogP contribution in [0.4, 0.5) is 5.69 Å². The molecule has 3 aromatic rings. The lowest BCUT2D eigenvalue weighted by atomic mass is 9.97. The molecular formula is C25H27N3O4S. The van der Waals surface area contributed by atoms with Crippen molar-refractivity contribution in [3.05, 3.63) is 84.2 Å². The summed E-state index contributed by atoms with van der Waals surface area (Å²) in [5, 5.41) is 2.99. The molecule has 7 nitrogen and oxygen atoms in total. The van der Waals surface area contributed by atoms with Crippen LogP contribution in [-0.2, 0) is 21.4 Å². The van der Waals surface area contributed by atoms with Crippen LogP contribution in [0.3, 0.4) is 0 Å². The van der Waals surface area contributed by atoms with E-state index >= 15 is 0 Å². The first-order valence-electron chi connectivity index (χ1n) is 10.9. The number of anilines is 1. The third-order valence-electron chi connectivity index (χ3n) is 5.73. The van der Waals surface area contributed by atoms with E-state index in [0.717, 1.165) is 11.1 Å². The Morgan fingerprint density at radius 1 is 1.09 bits per heavy atom. The van der Waals surface area contributed by atoms with Crippen LogP contribution >= 0.6 is 0 Å². The Balaban J connectivity index is 1.38. The van der Waals surface area contributed by atoms with Crippen molar-refractivity contribution in [1.82, 2.24) is 9.29 Å². The molecule has 0 spiro atoms. The van der Waals surface area contributed by atoms with E-state index < -0.39 is 10.0 Å². The molecule has 1 fully saturated rings. The van der Waals surface area contributed by atoms with Gasteiger partial charge in [-0.05, 0) is 55.2 Å². The van der Waals surface area contributed by atoms with E-state index in [0.29, 0.717) is 44.0 Å². The third-order valence-corrected chi connectivity index (χ3v) is 7.61. The molecule has 2 aromatic carbocycles. The van der Waals surface area contributed by atoms with Gasteiger partial charge in [-0.25, -0.2) is 8.42 Å². The predicted molar refractivity (Wildman–Crippen MR) is 126 cm³/mol. The van der Waals surface area contributed by atoms with E-state index in [9.17, 15) is 13.2 Å². The fourth-order valence-corrected chi connectivity index (χ4v) is 5.26. The van der Waals surface area contributed by atoms with Crippen LogP contribution in [0.1, 0.15) is 24.0 Å². The quantitative estimate of drug-likeness (QED) is 0.570. The number of aromatic nitrogens is 1. The summed E-state index contributed by atoms with van der Waals surface area (Å²) < 4.78 is 33.0. The van der Waals surface area contributed by atoms with Gasteiger partial charge in [0.05, 0.1) is 5.69 Å². The van der Waals surface area contributed by atoms with E-state index in [-0.39, 0.29) is 16.7 Å². The molecule has 4 rings (SSSR count). The average molecular weight is 466 g/mol. The number of carbonyl (C=O) groups excluding carboxylic acids is 1. The summed E-state index contributed by atoms with van der Waals surface area (Å²) in [5.41, 5.74) is 2.69. The lowest BCUT2D eigenvalue weighted by Crippen LogP contribution is -2.41. The summed E-state index contributed by atoms with van der Waals surface area (Å²) in [6.07, 6.45) is 3.80. The van der Waals surface area contributed by atoms with Gasteiger partial charge in [0.25, 0.3) is 0 Å². The SMILES string of the molecule is Cc1ccc(NC(=O)C2CCN(S(=O)(=O)c3cccnc3)CC2)c(OCc2ccccc2)c1. The number of hydrogen-bond donors (Lipinski definition) is 1. The molecule has 0 radical (unpaired) electrons. The molecule has 8 heteroatoms. The lowest BCUT2D eigenvalue weighted by Gasteiger charge is -2.30. The molecule has 2 heterocycles. The second kappa shape index (κ2) is 10.1. The van der Waals surface area contributed by atoms with Gasteiger partial charge in [-0.1, -0.05) is 36.4 Å². The number of pyridine rings is 1. The number of rotatable bonds is 7. The Kier molecular flexibility index (Phi) is 7.05. The van der Waals surface area contributed by atoms with E-state index in [1.165, 1.54) is 16.6 Å². The summed E-state index contributed by atoms with van der Waals surface area (Å²) in [6.45, 7) is 2.96. The number of benzene rings is 2. The molecule has 33 heavy (non-hydrogen) atoms. The van der Waals surface area contributed by atoms with Crippen LogP contribution in [-0.4, -0.2) is 36.7 Å². The van der Waals surface area contributed by atoms with Crippen molar-refractivity contribution in [1.29, 1.82) is 0 Å². The lowest BCUT2D eigenvalue weighted by molar-refractivity contribution is -0.120. The van der Waals surface area contributed by atoms with Gasteiger partial charge in [-0.3, -0.25) is 9.78 Å². The molecule has 0 bridgehead atoms. The Hall–Kier alpha value is -3.23. The van der Waals surface area contributed by atoms with E-state index in [1.807, 2.05) is 55.5 Å². The van der Waals surface area contributed by atoms with E-state index in [4.69, 9.17) is 4.74 Å². The number of piperidine rings is 1. The Labute approximate surface area is 194 Å². The van der Waals surface area contributed by atoms with Crippen LogP contribution in [0.5, 0.6) is 5.75 Å². The van der Waals surface area contributed by atoms with Crippen molar-refractivity contribution in [3.8, 4) is 5.75 Å². The van der Waals surface area contributed by atoms with Gasteiger partial charge in [0.15, 0.2) is 0 Å². The highest BCUT2D eigenvalue weighted by atomic mass is 32.2. The maximum absolute atomic E-state index is 13.0. The maximum Gasteiger partial charge on any atom is 0.244 e. The third kappa shape index (κ3) is 5.58. The van der Waals surface area contributed by atoms with E-state index in [2.05, 4.69) is 10.3 Å². The summed E-state index contributed by atoms with van der Waals surface area (Å²) in [5.74, 6) is 0.222. The molecule has 1 aliphatic heterocycles. The highest BCUT2D eigenvalue weighted by Gasteiger charge is 2.32. The number of carbonyl (C=O) groups is 1. The first-order chi connectivity index (χ1) is 15.9. The molecule has 172 valence electrons. The number of nitrogens with one attached hydrogen (secondary N) is 1. The van der Waals surface area contributed by atoms with Gasteiger partial charge in [0.2, 0.25) is 15.9 Å². The van der Waals surface area contributed by atoms with Crippen LogP contribution in [0, 0.1) is 12.8 Å². The normalized spacial score (nSPS) is 15.2. The van der Waals surface area contributed by atoms with Crippen molar-refractivity contribution in [3.63, 3.8) is 0 Å². The molecule has 1 N–H and O–H groups in total. The fraction of sp³-hybridized carbons (Fsp3) is 0.280. The first-order valence-corrected chi connectivity index (χ1v) is 12.4. The largest absolute Gasteiger partial charge is 0.487 e. The Bertz CT molecular complexity index is 1190. The molecule has 1 amide bonds. The number of nitrogens with zero attached hydrogens (tertiary/aromatic N) is 2. The molecular weight excluding hydrogens is 438 g/mol. The van der Waals surface area contributed by atoms with Crippen molar-refractivity contribution in [2.75, 3.05) is 18.4 Å². The van der Waals surface area contributed by atoms with Crippen LogP contribution in [0.15, 0.2) is 78.0 Å². The van der Waals surface area contributed by atoms with Crippen LogP contribution < -0.4 is 10.1 Å². The zero-order valence-corrected chi connectivity index (χ0v) is 19.3. The van der Waals surface area contributed by atoms with Gasteiger partial charge in [0.1, 0.15) is 17.3 Å². The average Bonchev–Trinajstić information content (AvgIpc) is 2.85. The number of aryl methyl sites for hydroxylation is 1. The molecule has 1 aromatic heterocycles. The summed E-state index contributed by atoms with van der Waals surface area (Å²) in [6, 6.07) is 18.7. The smallest absolute Gasteiger partial charge is 0.244 e. The maximum atomic E-state index is 13.0. The fourth-order valence-electron chi connectivity index (χ4n) is 3.83. The second-order valence-electron chi connectivity index (χ2n) is 8.13. The Morgan fingerprint density at radius 2 is 1.85 bits per heavy atom. The summed E-state index contributed by atoms with van der Waals surface area (Å²) in [7, 11) is -3.60. The molecule has 1 saturated heterocycles. The minimum Gasteiger partial charge on any atom is -0.487 e. The predicted octanol–water partition coefficient (Wildman–Crippen LogP) is 4.01. The molecule has 0 saturated carbocycles. The highest BCUT2D eigenvalue weighted by molar-refractivity contribution is 7.89. The highest BCUT2D eigenvalue weighted by Crippen LogP contribution is 2.29. The molecule has 0 unspecified atom stereocenters.